The number of hydrogen-bond donors (Lipinski definition) is 1. The molecule has 31 heavy (non-hydrogen) atoms. The van der Waals surface area contributed by atoms with Crippen LogP contribution in [-0.2, 0) is 11.2 Å². The minimum Gasteiger partial charge on any atom is -0.488 e. The van der Waals surface area contributed by atoms with Crippen LogP contribution in [0, 0.1) is 5.41 Å². The van der Waals surface area contributed by atoms with E-state index in [0.29, 0.717) is 42.2 Å². The lowest BCUT2D eigenvalue weighted by Gasteiger charge is -2.27. The highest BCUT2D eigenvalue weighted by Crippen LogP contribution is 2.39. The Labute approximate surface area is 187 Å². The topological polar surface area (TPSA) is 85.7 Å². The van der Waals surface area contributed by atoms with Gasteiger partial charge in [0, 0.05) is 29.6 Å². The third kappa shape index (κ3) is 5.97. The molecule has 1 aliphatic carbocycles. The van der Waals surface area contributed by atoms with Crippen molar-refractivity contribution in [3.63, 3.8) is 0 Å². The second-order valence-electron chi connectivity index (χ2n) is 8.06. The van der Waals surface area contributed by atoms with Gasteiger partial charge in [0.25, 0.3) is 5.88 Å². The number of carbonyl (C=O) groups is 2. The summed E-state index contributed by atoms with van der Waals surface area (Å²) < 4.78 is 11.1. The van der Waals surface area contributed by atoms with E-state index in [-0.39, 0.29) is 18.1 Å². The lowest BCUT2D eigenvalue weighted by molar-refractivity contribution is -0.149. The molecule has 0 bridgehead atoms. The summed E-state index contributed by atoms with van der Waals surface area (Å²) in [7, 11) is 1.48. The van der Waals surface area contributed by atoms with Gasteiger partial charge in [0.1, 0.15) is 0 Å². The number of carboxylic acid groups (broad SMARTS) is 1. The number of ketones is 1. The molecule has 7 heteroatoms. The number of ether oxygens (including phenoxy) is 2. The average Bonchev–Trinajstić information content (AvgIpc) is 3.00. The first kappa shape index (κ1) is 23.1. The van der Waals surface area contributed by atoms with Gasteiger partial charge in [-0.15, -0.1) is 0 Å². The van der Waals surface area contributed by atoms with E-state index < -0.39 is 11.4 Å². The molecule has 0 amide bonds. The number of halogens is 1. The van der Waals surface area contributed by atoms with Gasteiger partial charge in [0.15, 0.2) is 11.5 Å². The number of benzene rings is 1. The molecule has 3 rings (SSSR count). The van der Waals surface area contributed by atoms with E-state index in [1.807, 2.05) is 24.3 Å². The van der Waals surface area contributed by atoms with Crippen molar-refractivity contribution < 1.29 is 24.2 Å². The van der Waals surface area contributed by atoms with E-state index in [4.69, 9.17) is 21.1 Å². The predicted molar refractivity (Wildman–Crippen MR) is 118 cm³/mol. The zero-order chi connectivity index (χ0) is 22.3. The van der Waals surface area contributed by atoms with Gasteiger partial charge in [0.2, 0.25) is 0 Å². The molecule has 0 spiro atoms. The highest BCUT2D eigenvalue weighted by Gasteiger charge is 2.40. The van der Waals surface area contributed by atoms with E-state index >= 15 is 0 Å². The van der Waals surface area contributed by atoms with E-state index in [1.165, 1.54) is 13.3 Å². The second-order valence-corrected chi connectivity index (χ2v) is 8.50. The van der Waals surface area contributed by atoms with Crippen LogP contribution in [0.3, 0.4) is 0 Å². The van der Waals surface area contributed by atoms with Crippen molar-refractivity contribution in [1.82, 2.24) is 4.98 Å². The Hall–Kier alpha value is -2.60. The Bertz CT molecular complexity index is 922. The number of hydrogen-bond acceptors (Lipinski definition) is 5. The lowest BCUT2D eigenvalue weighted by atomic mass is 9.75. The van der Waals surface area contributed by atoms with Crippen molar-refractivity contribution in [2.45, 2.75) is 51.4 Å². The molecule has 1 saturated carbocycles. The Morgan fingerprint density at radius 2 is 1.90 bits per heavy atom. The molecule has 1 N–H and O–H groups in total. The Kier molecular flexibility index (Phi) is 7.91. The summed E-state index contributed by atoms with van der Waals surface area (Å²) in [6.45, 7) is 0.356. The summed E-state index contributed by atoms with van der Waals surface area (Å²) >= 11 is 6.02. The van der Waals surface area contributed by atoms with Crippen molar-refractivity contribution in [2.24, 2.45) is 5.41 Å². The number of carboxylic acids is 1. The van der Waals surface area contributed by atoms with Gasteiger partial charge in [-0.25, -0.2) is 4.98 Å². The number of carbonyl (C=O) groups excluding carboxylic acids is 1. The van der Waals surface area contributed by atoms with Crippen LogP contribution in [0.2, 0.25) is 5.02 Å². The first-order chi connectivity index (χ1) is 14.9. The van der Waals surface area contributed by atoms with Crippen LogP contribution in [0.1, 0.15) is 60.9 Å². The molecule has 0 radical (unpaired) electrons. The number of rotatable bonds is 9. The molecule has 0 unspecified atom stereocenters. The molecular formula is C24H28ClNO5. The Morgan fingerprint density at radius 1 is 1.16 bits per heavy atom. The van der Waals surface area contributed by atoms with E-state index in [1.54, 1.807) is 6.07 Å². The maximum absolute atomic E-state index is 13.0. The minimum atomic E-state index is -0.999. The standard InChI is InChI=1S/C24H28ClNO5/c1-30-22-21(31-12-9-17-7-6-8-19(25)13-17)14-18(16-26-22)20(27)15-24(23(28)29)10-4-2-3-5-11-24/h6-8,13-14,16H,2-5,9-12,15H2,1H3,(H,28,29). The maximum atomic E-state index is 13.0. The monoisotopic (exact) mass is 445 g/mol. The SMILES string of the molecule is COc1ncc(C(=O)CC2(C(=O)O)CCCCCC2)cc1OCCc1cccc(Cl)c1. The van der Waals surface area contributed by atoms with Gasteiger partial charge in [-0.2, -0.15) is 0 Å². The van der Waals surface area contributed by atoms with Gasteiger partial charge in [-0.05, 0) is 36.6 Å². The zero-order valence-electron chi connectivity index (χ0n) is 17.7. The molecule has 1 heterocycles. The van der Waals surface area contributed by atoms with Gasteiger partial charge >= 0.3 is 5.97 Å². The highest BCUT2D eigenvalue weighted by atomic mass is 35.5. The van der Waals surface area contributed by atoms with Crippen molar-refractivity contribution in [3.8, 4) is 11.6 Å². The first-order valence-electron chi connectivity index (χ1n) is 10.6. The molecule has 1 aliphatic rings. The van der Waals surface area contributed by atoms with Crippen LogP contribution in [0.4, 0.5) is 0 Å². The van der Waals surface area contributed by atoms with Crippen molar-refractivity contribution in [3.05, 3.63) is 52.7 Å². The average molecular weight is 446 g/mol. The highest BCUT2D eigenvalue weighted by molar-refractivity contribution is 6.30. The molecule has 2 aromatic rings. The van der Waals surface area contributed by atoms with Crippen LogP contribution in [0.15, 0.2) is 36.5 Å². The van der Waals surface area contributed by atoms with Crippen molar-refractivity contribution in [1.29, 1.82) is 0 Å². The third-order valence-electron chi connectivity index (χ3n) is 5.88. The van der Waals surface area contributed by atoms with Crippen LogP contribution in [-0.4, -0.2) is 35.6 Å². The predicted octanol–water partition coefficient (Wildman–Crippen LogP) is 5.36. The summed E-state index contributed by atoms with van der Waals surface area (Å²) in [5.74, 6) is -0.480. The van der Waals surface area contributed by atoms with Crippen LogP contribution in [0.25, 0.3) is 0 Å². The summed E-state index contributed by atoms with van der Waals surface area (Å²) in [5, 5.41) is 10.5. The Balaban J connectivity index is 1.72. The van der Waals surface area contributed by atoms with E-state index in [0.717, 1.165) is 31.2 Å². The maximum Gasteiger partial charge on any atom is 0.310 e. The normalized spacial score (nSPS) is 15.7. The molecule has 1 aromatic heterocycles. The second kappa shape index (κ2) is 10.6. The summed E-state index contributed by atoms with van der Waals surface area (Å²) in [5.41, 5.74) is 0.369. The number of Topliss-reactive ketones (excluding diaryl/α,β-unsaturated/α-hetero) is 1. The molecular weight excluding hydrogens is 418 g/mol. The summed E-state index contributed by atoms with van der Waals surface area (Å²) in [4.78, 5) is 29.2. The minimum absolute atomic E-state index is 0.0295. The van der Waals surface area contributed by atoms with E-state index in [2.05, 4.69) is 4.98 Å². The van der Waals surface area contributed by atoms with E-state index in [9.17, 15) is 14.7 Å². The molecule has 1 fully saturated rings. The molecule has 1 aromatic carbocycles. The number of nitrogens with zero attached hydrogens (tertiary/aromatic N) is 1. The third-order valence-corrected chi connectivity index (χ3v) is 6.12. The number of methoxy groups -OCH3 is 1. The van der Waals surface area contributed by atoms with Gasteiger partial charge in [0.05, 0.1) is 19.1 Å². The van der Waals surface area contributed by atoms with Gasteiger partial charge < -0.3 is 14.6 Å². The molecule has 166 valence electrons. The van der Waals surface area contributed by atoms with Gasteiger partial charge in [-0.3, -0.25) is 9.59 Å². The molecule has 0 atom stereocenters. The fourth-order valence-electron chi connectivity index (χ4n) is 4.09. The summed E-state index contributed by atoms with van der Waals surface area (Å²) in [6, 6.07) is 9.12. The van der Waals surface area contributed by atoms with Crippen molar-refractivity contribution >= 4 is 23.4 Å². The quantitative estimate of drug-likeness (QED) is 0.413. The van der Waals surface area contributed by atoms with Crippen LogP contribution >= 0.6 is 11.6 Å². The molecule has 0 saturated heterocycles. The zero-order valence-corrected chi connectivity index (χ0v) is 18.5. The van der Waals surface area contributed by atoms with Crippen LogP contribution in [0.5, 0.6) is 11.6 Å². The smallest absolute Gasteiger partial charge is 0.310 e. The molecule has 0 aliphatic heterocycles. The fourth-order valence-corrected chi connectivity index (χ4v) is 4.31. The largest absolute Gasteiger partial charge is 0.488 e. The van der Waals surface area contributed by atoms with Gasteiger partial charge in [-0.1, -0.05) is 49.4 Å². The Morgan fingerprint density at radius 3 is 2.55 bits per heavy atom. The number of pyridine rings is 1. The molecule has 6 nitrogen and oxygen atoms in total. The first-order valence-corrected chi connectivity index (χ1v) is 11.0. The summed E-state index contributed by atoms with van der Waals surface area (Å²) in [6.07, 6.45) is 6.77. The number of aliphatic carboxylic acids is 1. The van der Waals surface area contributed by atoms with Crippen molar-refractivity contribution in [2.75, 3.05) is 13.7 Å². The van der Waals surface area contributed by atoms with Crippen LogP contribution < -0.4 is 9.47 Å². The lowest BCUT2D eigenvalue weighted by Crippen LogP contribution is -2.33. The fraction of sp³-hybridized carbons (Fsp3) is 0.458. The number of aromatic nitrogens is 1.